The number of halogens is 3. The van der Waals surface area contributed by atoms with Crippen LogP contribution < -0.4 is 5.32 Å². The molecule has 0 heterocycles. The largest absolute Gasteiger partial charge is 0.466 e. The molecular weight excluding hydrogens is 347 g/mol. The molecule has 1 amide bonds. The monoisotopic (exact) mass is 373 g/mol. The van der Waals surface area contributed by atoms with E-state index in [0.717, 1.165) is 31.4 Å². The Morgan fingerprint density at radius 2 is 1.77 bits per heavy atom. The molecule has 0 radical (unpaired) electrons. The van der Waals surface area contributed by atoms with Gasteiger partial charge in [-0.2, -0.15) is 13.2 Å². The zero-order valence-corrected chi connectivity index (χ0v) is 15.0. The highest BCUT2D eigenvalue weighted by Gasteiger charge is 2.30. The van der Waals surface area contributed by atoms with Gasteiger partial charge in [0.25, 0.3) is 5.91 Å². The topological polar surface area (TPSA) is 55.4 Å². The molecule has 0 aliphatic rings. The Kier molecular flexibility index (Phi) is 9.76. The lowest BCUT2D eigenvalue weighted by molar-refractivity contribution is -0.143. The third-order valence-corrected chi connectivity index (χ3v) is 3.83. The SMILES string of the molecule is CCCCCCCCOC(=O)CCNC(=O)c1cccc(C(F)(F)F)c1. The molecule has 0 fully saturated rings. The summed E-state index contributed by atoms with van der Waals surface area (Å²) in [6, 6.07) is 4.15. The summed E-state index contributed by atoms with van der Waals surface area (Å²) < 4.78 is 43.0. The van der Waals surface area contributed by atoms with E-state index in [2.05, 4.69) is 12.2 Å². The van der Waals surface area contributed by atoms with E-state index in [4.69, 9.17) is 4.74 Å². The summed E-state index contributed by atoms with van der Waals surface area (Å²) in [5.74, 6) is -1.08. The lowest BCUT2D eigenvalue weighted by atomic mass is 10.1. The highest BCUT2D eigenvalue weighted by Crippen LogP contribution is 2.29. The van der Waals surface area contributed by atoms with E-state index in [-0.39, 0.29) is 18.5 Å². The molecular formula is C19H26F3NO3. The van der Waals surface area contributed by atoms with Gasteiger partial charge in [0.2, 0.25) is 0 Å². The van der Waals surface area contributed by atoms with Crippen LogP contribution in [0, 0.1) is 0 Å². The van der Waals surface area contributed by atoms with Gasteiger partial charge in [-0.1, -0.05) is 45.1 Å². The Morgan fingerprint density at radius 1 is 1.08 bits per heavy atom. The molecule has 0 saturated carbocycles. The first kappa shape index (κ1) is 22.0. The van der Waals surface area contributed by atoms with Gasteiger partial charge in [-0.05, 0) is 24.6 Å². The quantitative estimate of drug-likeness (QED) is 0.451. The molecule has 0 aliphatic heterocycles. The second kappa shape index (κ2) is 11.5. The van der Waals surface area contributed by atoms with E-state index in [0.29, 0.717) is 6.61 Å². The van der Waals surface area contributed by atoms with Gasteiger partial charge in [-0.3, -0.25) is 9.59 Å². The molecule has 1 aromatic carbocycles. The minimum atomic E-state index is -4.50. The van der Waals surface area contributed by atoms with Gasteiger partial charge >= 0.3 is 12.1 Å². The lowest BCUT2D eigenvalue weighted by Gasteiger charge is -2.09. The van der Waals surface area contributed by atoms with Crippen molar-refractivity contribution in [3.8, 4) is 0 Å². The fraction of sp³-hybridized carbons (Fsp3) is 0.579. The van der Waals surface area contributed by atoms with Crippen molar-refractivity contribution < 1.29 is 27.5 Å². The van der Waals surface area contributed by atoms with Crippen molar-refractivity contribution in [2.75, 3.05) is 13.2 Å². The average molecular weight is 373 g/mol. The fourth-order valence-corrected chi connectivity index (χ4v) is 2.36. The fourth-order valence-electron chi connectivity index (χ4n) is 2.36. The zero-order valence-electron chi connectivity index (χ0n) is 15.0. The van der Waals surface area contributed by atoms with Crippen molar-refractivity contribution in [2.24, 2.45) is 0 Å². The second-order valence-electron chi connectivity index (χ2n) is 6.07. The number of carbonyl (C=O) groups excluding carboxylic acids is 2. The van der Waals surface area contributed by atoms with Crippen LogP contribution in [-0.2, 0) is 15.7 Å². The minimum absolute atomic E-state index is 0.0134. The first-order valence-electron chi connectivity index (χ1n) is 8.95. The summed E-state index contributed by atoms with van der Waals surface area (Å²) in [7, 11) is 0. The molecule has 0 bridgehead atoms. The normalized spacial score (nSPS) is 11.2. The van der Waals surface area contributed by atoms with Crippen LogP contribution in [0.5, 0.6) is 0 Å². The molecule has 1 aromatic rings. The third kappa shape index (κ3) is 8.87. The molecule has 0 saturated heterocycles. The Morgan fingerprint density at radius 3 is 2.46 bits per heavy atom. The van der Waals surface area contributed by atoms with E-state index in [9.17, 15) is 22.8 Å². The van der Waals surface area contributed by atoms with Gasteiger partial charge in [0.15, 0.2) is 0 Å². The van der Waals surface area contributed by atoms with E-state index in [1.165, 1.54) is 31.4 Å². The molecule has 26 heavy (non-hydrogen) atoms. The van der Waals surface area contributed by atoms with Gasteiger partial charge < -0.3 is 10.1 Å². The van der Waals surface area contributed by atoms with Crippen molar-refractivity contribution in [3.05, 3.63) is 35.4 Å². The van der Waals surface area contributed by atoms with Gasteiger partial charge in [0, 0.05) is 12.1 Å². The van der Waals surface area contributed by atoms with E-state index in [1.807, 2.05) is 0 Å². The van der Waals surface area contributed by atoms with Gasteiger partial charge in [0.1, 0.15) is 0 Å². The maximum absolute atomic E-state index is 12.6. The summed E-state index contributed by atoms with van der Waals surface area (Å²) in [5.41, 5.74) is -0.983. The van der Waals surface area contributed by atoms with Crippen molar-refractivity contribution >= 4 is 11.9 Å². The second-order valence-corrected chi connectivity index (χ2v) is 6.07. The Bertz CT molecular complexity index is 573. The van der Waals surface area contributed by atoms with Gasteiger partial charge in [-0.25, -0.2) is 0 Å². The molecule has 4 nitrogen and oxygen atoms in total. The van der Waals surface area contributed by atoms with Gasteiger partial charge in [0.05, 0.1) is 18.6 Å². The maximum atomic E-state index is 12.6. The number of alkyl halides is 3. The maximum Gasteiger partial charge on any atom is 0.416 e. The summed E-state index contributed by atoms with van der Waals surface area (Å²) in [5, 5.41) is 2.43. The van der Waals surface area contributed by atoms with Crippen molar-refractivity contribution in [2.45, 2.75) is 58.0 Å². The van der Waals surface area contributed by atoms with Crippen molar-refractivity contribution in [1.29, 1.82) is 0 Å². The Labute approximate surface area is 152 Å². The van der Waals surface area contributed by atoms with Crippen LogP contribution in [-0.4, -0.2) is 25.0 Å². The number of rotatable bonds is 11. The summed E-state index contributed by atoms with van der Waals surface area (Å²) in [6.45, 7) is 2.52. The third-order valence-electron chi connectivity index (χ3n) is 3.83. The smallest absolute Gasteiger partial charge is 0.416 e. The number of esters is 1. The number of nitrogens with one attached hydrogen (secondary N) is 1. The van der Waals surface area contributed by atoms with Crippen LogP contribution in [0.15, 0.2) is 24.3 Å². The molecule has 0 aromatic heterocycles. The van der Waals surface area contributed by atoms with Crippen LogP contribution in [0.2, 0.25) is 0 Å². The Balaban J connectivity index is 2.22. The number of carbonyl (C=O) groups is 2. The molecule has 0 atom stereocenters. The first-order chi connectivity index (χ1) is 12.3. The summed E-state index contributed by atoms with van der Waals surface area (Å²) >= 11 is 0. The van der Waals surface area contributed by atoms with Gasteiger partial charge in [-0.15, -0.1) is 0 Å². The number of hydrogen-bond acceptors (Lipinski definition) is 3. The van der Waals surface area contributed by atoms with Crippen LogP contribution in [0.25, 0.3) is 0 Å². The predicted octanol–water partition coefficient (Wildman–Crippen LogP) is 4.73. The lowest BCUT2D eigenvalue weighted by Crippen LogP contribution is -2.27. The molecule has 0 spiro atoms. The number of unbranched alkanes of at least 4 members (excludes halogenated alkanes) is 5. The molecule has 0 unspecified atom stereocenters. The van der Waals surface area contributed by atoms with E-state index in [1.54, 1.807) is 0 Å². The predicted molar refractivity (Wildman–Crippen MR) is 92.7 cm³/mol. The standard InChI is InChI=1S/C19H26F3NO3/c1-2-3-4-5-6-7-13-26-17(24)11-12-23-18(25)15-9-8-10-16(14-15)19(20,21)22/h8-10,14H,2-7,11-13H2,1H3,(H,23,25). The highest BCUT2D eigenvalue weighted by molar-refractivity contribution is 5.94. The van der Waals surface area contributed by atoms with Crippen LogP contribution >= 0.6 is 0 Å². The highest BCUT2D eigenvalue weighted by atomic mass is 19.4. The number of amides is 1. The molecule has 146 valence electrons. The number of hydrogen-bond donors (Lipinski definition) is 1. The van der Waals surface area contributed by atoms with Crippen molar-refractivity contribution in [1.82, 2.24) is 5.32 Å². The summed E-state index contributed by atoms with van der Waals surface area (Å²) in [4.78, 5) is 23.4. The molecule has 1 N–H and O–H groups in total. The minimum Gasteiger partial charge on any atom is -0.466 e. The number of benzene rings is 1. The molecule has 7 heteroatoms. The first-order valence-corrected chi connectivity index (χ1v) is 8.95. The van der Waals surface area contributed by atoms with Crippen molar-refractivity contribution in [3.63, 3.8) is 0 Å². The zero-order chi connectivity index (χ0) is 19.4. The molecule has 1 rings (SSSR count). The molecule has 0 aliphatic carbocycles. The van der Waals surface area contributed by atoms with E-state index < -0.39 is 23.6 Å². The van der Waals surface area contributed by atoms with Crippen LogP contribution in [0.1, 0.15) is 67.8 Å². The number of ether oxygens (including phenoxy) is 1. The Hall–Kier alpha value is -2.05. The average Bonchev–Trinajstić information content (AvgIpc) is 2.60. The van der Waals surface area contributed by atoms with E-state index >= 15 is 0 Å². The summed E-state index contributed by atoms with van der Waals surface area (Å²) in [6.07, 6.45) is 2.01. The van der Waals surface area contributed by atoms with Crippen LogP contribution in [0.3, 0.4) is 0 Å². The van der Waals surface area contributed by atoms with Crippen LogP contribution in [0.4, 0.5) is 13.2 Å².